The van der Waals surface area contributed by atoms with Gasteiger partial charge in [-0.25, -0.2) is 0 Å². The van der Waals surface area contributed by atoms with Gasteiger partial charge in [-0.3, -0.25) is 9.48 Å². The lowest BCUT2D eigenvalue weighted by Crippen LogP contribution is -2.34. The van der Waals surface area contributed by atoms with Crippen molar-refractivity contribution in [1.82, 2.24) is 20.4 Å². The zero-order chi connectivity index (χ0) is 13.4. The number of aromatic nitrogens is 2. The predicted octanol–water partition coefficient (Wildman–Crippen LogP) is 0.857. The molecule has 0 aliphatic carbocycles. The zero-order valence-electron chi connectivity index (χ0n) is 11.6. The standard InChI is InChI=1S/C13H24N4O/c1-4-11(2)16-13(18)6-8-14-7-5-12-9-15-17(3)10-12/h9-11,14H,4-8H2,1-3H3,(H,16,18). The van der Waals surface area contributed by atoms with Gasteiger partial charge in [0.05, 0.1) is 6.20 Å². The van der Waals surface area contributed by atoms with Gasteiger partial charge in [-0.2, -0.15) is 5.10 Å². The van der Waals surface area contributed by atoms with E-state index in [1.165, 1.54) is 5.56 Å². The number of aryl methyl sites for hydroxylation is 1. The van der Waals surface area contributed by atoms with Crippen molar-refractivity contribution in [2.75, 3.05) is 13.1 Å². The van der Waals surface area contributed by atoms with Crippen LogP contribution in [0.15, 0.2) is 12.4 Å². The Morgan fingerprint density at radius 2 is 2.28 bits per heavy atom. The van der Waals surface area contributed by atoms with Crippen LogP contribution in [0.1, 0.15) is 32.3 Å². The third-order valence-corrected chi connectivity index (χ3v) is 2.90. The Kier molecular flexibility index (Phi) is 6.43. The van der Waals surface area contributed by atoms with Gasteiger partial charge < -0.3 is 10.6 Å². The molecule has 102 valence electrons. The molecule has 1 amide bonds. The fourth-order valence-corrected chi connectivity index (χ4v) is 1.61. The van der Waals surface area contributed by atoms with Crippen molar-refractivity contribution in [1.29, 1.82) is 0 Å². The molecule has 1 aromatic rings. The molecule has 18 heavy (non-hydrogen) atoms. The van der Waals surface area contributed by atoms with E-state index in [2.05, 4.69) is 22.7 Å². The second-order valence-electron chi connectivity index (χ2n) is 4.65. The van der Waals surface area contributed by atoms with E-state index in [9.17, 15) is 4.79 Å². The summed E-state index contributed by atoms with van der Waals surface area (Å²) >= 11 is 0. The van der Waals surface area contributed by atoms with Gasteiger partial charge in [0, 0.05) is 32.3 Å². The Bertz CT molecular complexity index is 362. The second-order valence-corrected chi connectivity index (χ2v) is 4.65. The summed E-state index contributed by atoms with van der Waals surface area (Å²) in [7, 11) is 1.91. The molecule has 0 spiro atoms. The smallest absolute Gasteiger partial charge is 0.221 e. The van der Waals surface area contributed by atoms with Crippen molar-refractivity contribution in [3.05, 3.63) is 18.0 Å². The molecule has 0 radical (unpaired) electrons. The summed E-state index contributed by atoms with van der Waals surface area (Å²) in [5, 5.41) is 10.3. The lowest BCUT2D eigenvalue weighted by atomic mass is 10.2. The normalized spacial score (nSPS) is 12.4. The first-order chi connectivity index (χ1) is 8.61. The van der Waals surface area contributed by atoms with Crippen molar-refractivity contribution >= 4 is 5.91 Å². The molecule has 5 heteroatoms. The number of carbonyl (C=O) groups excluding carboxylic acids is 1. The average Bonchev–Trinajstić information content (AvgIpc) is 2.74. The topological polar surface area (TPSA) is 59.0 Å². The van der Waals surface area contributed by atoms with Gasteiger partial charge >= 0.3 is 0 Å². The first kappa shape index (κ1) is 14.7. The van der Waals surface area contributed by atoms with Crippen LogP contribution in [0.5, 0.6) is 0 Å². The molecule has 0 aliphatic rings. The molecule has 1 unspecified atom stereocenters. The summed E-state index contributed by atoms with van der Waals surface area (Å²) in [5.74, 6) is 0.123. The summed E-state index contributed by atoms with van der Waals surface area (Å²) in [4.78, 5) is 11.5. The number of nitrogens with zero attached hydrogens (tertiary/aromatic N) is 2. The molecule has 0 aromatic carbocycles. The molecule has 1 atom stereocenters. The van der Waals surface area contributed by atoms with Gasteiger partial charge in [0.25, 0.3) is 0 Å². The van der Waals surface area contributed by atoms with E-state index >= 15 is 0 Å². The number of hydrogen-bond donors (Lipinski definition) is 2. The SMILES string of the molecule is CCC(C)NC(=O)CCNCCc1cnn(C)c1. The molecule has 1 rings (SSSR count). The molecule has 1 heterocycles. The summed E-state index contributed by atoms with van der Waals surface area (Å²) in [6.45, 7) is 5.69. The van der Waals surface area contributed by atoms with Crippen LogP contribution in [0, 0.1) is 0 Å². The lowest BCUT2D eigenvalue weighted by molar-refractivity contribution is -0.121. The van der Waals surface area contributed by atoms with Crippen molar-refractivity contribution in [3.8, 4) is 0 Å². The van der Waals surface area contributed by atoms with Gasteiger partial charge in [-0.15, -0.1) is 0 Å². The molecular formula is C13H24N4O. The van der Waals surface area contributed by atoms with Gasteiger partial charge in [-0.1, -0.05) is 6.92 Å². The summed E-state index contributed by atoms with van der Waals surface area (Å²) in [5.41, 5.74) is 1.22. The highest BCUT2D eigenvalue weighted by atomic mass is 16.1. The fraction of sp³-hybridized carbons (Fsp3) is 0.692. The Labute approximate surface area is 109 Å². The van der Waals surface area contributed by atoms with E-state index < -0.39 is 0 Å². The molecule has 2 N–H and O–H groups in total. The highest BCUT2D eigenvalue weighted by Crippen LogP contribution is 1.96. The Morgan fingerprint density at radius 1 is 1.50 bits per heavy atom. The first-order valence-corrected chi connectivity index (χ1v) is 6.59. The van der Waals surface area contributed by atoms with E-state index in [1.807, 2.05) is 26.4 Å². The highest BCUT2D eigenvalue weighted by molar-refractivity contribution is 5.76. The quantitative estimate of drug-likeness (QED) is 0.675. The van der Waals surface area contributed by atoms with Crippen LogP contribution in [0.2, 0.25) is 0 Å². The minimum absolute atomic E-state index is 0.123. The van der Waals surface area contributed by atoms with Crippen LogP contribution < -0.4 is 10.6 Å². The molecule has 0 saturated heterocycles. The molecule has 0 aliphatic heterocycles. The van der Waals surface area contributed by atoms with Crippen LogP contribution in [0.4, 0.5) is 0 Å². The van der Waals surface area contributed by atoms with E-state index in [-0.39, 0.29) is 11.9 Å². The predicted molar refractivity (Wildman–Crippen MR) is 72.3 cm³/mol. The summed E-state index contributed by atoms with van der Waals surface area (Å²) in [6, 6.07) is 0.271. The van der Waals surface area contributed by atoms with E-state index in [4.69, 9.17) is 0 Å². The third-order valence-electron chi connectivity index (χ3n) is 2.90. The largest absolute Gasteiger partial charge is 0.354 e. The van der Waals surface area contributed by atoms with Gasteiger partial charge in [-0.05, 0) is 31.9 Å². The molecule has 1 aromatic heterocycles. The first-order valence-electron chi connectivity index (χ1n) is 6.59. The van der Waals surface area contributed by atoms with E-state index in [0.29, 0.717) is 6.42 Å². The van der Waals surface area contributed by atoms with Crippen LogP contribution in [-0.4, -0.2) is 34.8 Å². The highest BCUT2D eigenvalue weighted by Gasteiger charge is 2.04. The van der Waals surface area contributed by atoms with Crippen LogP contribution >= 0.6 is 0 Å². The van der Waals surface area contributed by atoms with Crippen molar-refractivity contribution in [2.45, 2.75) is 39.2 Å². The number of rotatable bonds is 8. The number of nitrogens with one attached hydrogen (secondary N) is 2. The number of amides is 1. The van der Waals surface area contributed by atoms with Gasteiger partial charge in [0.15, 0.2) is 0 Å². The monoisotopic (exact) mass is 252 g/mol. The summed E-state index contributed by atoms with van der Waals surface area (Å²) in [6.07, 6.45) is 6.34. The third kappa shape index (κ3) is 5.82. The molecule has 0 saturated carbocycles. The molecule has 5 nitrogen and oxygen atoms in total. The zero-order valence-corrected chi connectivity index (χ0v) is 11.6. The summed E-state index contributed by atoms with van der Waals surface area (Å²) < 4.78 is 1.80. The van der Waals surface area contributed by atoms with Crippen molar-refractivity contribution in [3.63, 3.8) is 0 Å². The van der Waals surface area contributed by atoms with E-state index in [1.54, 1.807) is 4.68 Å². The van der Waals surface area contributed by atoms with Crippen LogP contribution in [0.25, 0.3) is 0 Å². The fourth-order valence-electron chi connectivity index (χ4n) is 1.61. The minimum Gasteiger partial charge on any atom is -0.354 e. The lowest BCUT2D eigenvalue weighted by Gasteiger charge is -2.11. The van der Waals surface area contributed by atoms with Crippen LogP contribution in [0.3, 0.4) is 0 Å². The van der Waals surface area contributed by atoms with E-state index in [0.717, 1.165) is 25.9 Å². The second kappa shape index (κ2) is 7.87. The Balaban J connectivity index is 2.03. The molecule has 0 bridgehead atoms. The molecular weight excluding hydrogens is 228 g/mol. The Hall–Kier alpha value is -1.36. The number of hydrogen-bond acceptors (Lipinski definition) is 3. The number of carbonyl (C=O) groups is 1. The van der Waals surface area contributed by atoms with Gasteiger partial charge in [0.1, 0.15) is 0 Å². The van der Waals surface area contributed by atoms with Crippen LogP contribution in [-0.2, 0) is 18.3 Å². The maximum Gasteiger partial charge on any atom is 0.221 e. The maximum atomic E-state index is 11.5. The molecule has 0 fully saturated rings. The van der Waals surface area contributed by atoms with Crippen molar-refractivity contribution in [2.24, 2.45) is 7.05 Å². The maximum absolute atomic E-state index is 11.5. The Morgan fingerprint density at radius 3 is 2.89 bits per heavy atom. The average molecular weight is 252 g/mol. The van der Waals surface area contributed by atoms with Crippen molar-refractivity contribution < 1.29 is 4.79 Å². The van der Waals surface area contributed by atoms with Gasteiger partial charge in [0.2, 0.25) is 5.91 Å². The minimum atomic E-state index is 0.123.